The molecule has 0 unspecified atom stereocenters. The first-order valence-corrected chi connectivity index (χ1v) is 10.7. The van der Waals surface area contributed by atoms with Gasteiger partial charge < -0.3 is 10.1 Å². The predicted octanol–water partition coefficient (Wildman–Crippen LogP) is 1.09. The SMILES string of the molecule is CNC(=O)NC(=O)[C@H](C)OC(=O)C1CCN(S(=O)(=O)/C=C/c2ccccc2)CC1. The first-order valence-electron chi connectivity index (χ1n) is 9.19. The second-order valence-corrected chi connectivity index (χ2v) is 8.40. The van der Waals surface area contributed by atoms with Crippen LogP contribution in [0.15, 0.2) is 35.7 Å². The Bertz CT molecular complexity index is 861. The average Bonchev–Trinajstić information content (AvgIpc) is 2.73. The Balaban J connectivity index is 1.86. The van der Waals surface area contributed by atoms with Gasteiger partial charge in [0.05, 0.1) is 5.92 Å². The molecular weight excluding hydrogens is 398 g/mol. The first-order chi connectivity index (χ1) is 13.7. The number of benzene rings is 1. The van der Waals surface area contributed by atoms with E-state index < -0.39 is 40.0 Å². The molecule has 158 valence electrons. The lowest BCUT2D eigenvalue weighted by molar-refractivity contribution is -0.159. The molecule has 2 rings (SSSR count). The molecule has 29 heavy (non-hydrogen) atoms. The molecule has 0 bridgehead atoms. The van der Waals surface area contributed by atoms with Crippen LogP contribution in [-0.4, -0.2) is 56.9 Å². The summed E-state index contributed by atoms with van der Waals surface area (Å²) in [6.07, 6.45) is 0.986. The lowest BCUT2D eigenvalue weighted by Gasteiger charge is -2.29. The van der Waals surface area contributed by atoms with E-state index in [4.69, 9.17) is 4.74 Å². The fourth-order valence-electron chi connectivity index (χ4n) is 2.76. The number of nitrogens with one attached hydrogen (secondary N) is 2. The summed E-state index contributed by atoms with van der Waals surface area (Å²) in [5.74, 6) is -1.82. The van der Waals surface area contributed by atoms with Crippen LogP contribution in [0.1, 0.15) is 25.3 Å². The van der Waals surface area contributed by atoms with Crippen molar-refractivity contribution in [3.8, 4) is 0 Å². The minimum atomic E-state index is -3.59. The van der Waals surface area contributed by atoms with Gasteiger partial charge in [-0.15, -0.1) is 0 Å². The van der Waals surface area contributed by atoms with Crippen molar-refractivity contribution in [2.75, 3.05) is 20.1 Å². The van der Waals surface area contributed by atoms with Crippen molar-refractivity contribution in [1.29, 1.82) is 0 Å². The Kier molecular flexibility index (Phi) is 7.91. The van der Waals surface area contributed by atoms with Crippen molar-refractivity contribution >= 4 is 34.0 Å². The van der Waals surface area contributed by atoms with Crippen molar-refractivity contribution in [2.45, 2.75) is 25.9 Å². The summed E-state index contributed by atoms with van der Waals surface area (Å²) in [4.78, 5) is 35.1. The van der Waals surface area contributed by atoms with Crippen LogP contribution in [0.5, 0.6) is 0 Å². The minimum Gasteiger partial charge on any atom is -0.452 e. The van der Waals surface area contributed by atoms with Crippen LogP contribution in [0.25, 0.3) is 6.08 Å². The third-order valence-corrected chi connectivity index (χ3v) is 6.07. The highest BCUT2D eigenvalue weighted by Gasteiger charge is 2.32. The smallest absolute Gasteiger partial charge is 0.321 e. The van der Waals surface area contributed by atoms with Crippen LogP contribution in [0.2, 0.25) is 0 Å². The Morgan fingerprint density at radius 3 is 2.38 bits per heavy atom. The van der Waals surface area contributed by atoms with Gasteiger partial charge in [0, 0.05) is 25.5 Å². The Labute approximate surface area is 170 Å². The van der Waals surface area contributed by atoms with Gasteiger partial charge in [0.15, 0.2) is 6.10 Å². The maximum absolute atomic E-state index is 12.5. The number of imide groups is 1. The molecule has 1 aromatic rings. The summed E-state index contributed by atoms with van der Waals surface area (Å²) < 4.78 is 31.4. The number of carbonyl (C=O) groups is 3. The van der Waals surface area contributed by atoms with Gasteiger partial charge >= 0.3 is 12.0 Å². The lowest BCUT2D eigenvalue weighted by Crippen LogP contribution is -2.45. The molecule has 0 aliphatic carbocycles. The standard InChI is InChI=1S/C19H25N3O6S/c1-14(17(23)21-19(25)20-2)28-18(24)16-8-11-22(12-9-16)29(26,27)13-10-15-6-4-3-5-7-15/h3-7,10,13-14,16H,8-9,11-12H2,1-2H3,(H2,20,21,23,25)/b13-10+/t14-/m0/s1. The summed E-state index contributed by atoms with van der Waals surface area (Å²) in [7, 11) is -2.23. The van der Waals surface area contributed by atoms with Crippen molar-refractivity contribution in [3.05, 3.63) is 41.3 Å². The number of nitrogens with zero attached hydrogens (tertiary/aromatic N) is 1. The third kappa shape index (κ3) is 6.68. The number of hydrogen-bond donors (Lipinski definition) is 2. The van der Waals surface area contributed by atoms with Gasteiger partial charge in [0.25, 0.3) is 5.91 Å². The van der Waals surface area contributed by atoms with Crippen LogP contribution in [0.3, 0.4) is 0 Å². The normalized spacial score (nSPS) is 16.9. The summed E-state index contributed by atoms with van der Waals surface area (Å²) in [5, 5.41) is 5.42. The highest BCUT2D eigenvalue weighted by molar-refractivity contribution is 7.92. The largest absolute Gasteiger partial charge is 0.452 e. The second-order valence-electron chi connectivity index (χ2n) is 6.58. The van der Waals surface area contributed by atoms with Crippen molar-refractivity contribution in [1.82, 2.24) is 14.9 Å². The summed E-state index contributed by atoms with van der Waals surface area (Å²) in [6, 6.07) is 8.39. The van der Waals surface area contributed by atoms with Gasteiger partial charge in [0.2, 0.25) is 10.0 Å². The Hall–Kier alpha value is -2.72. The maximum Gasteiger partial charge on any atom is 0.321 e. The zero-order valence-corrected chi connectivity index (χ0v) is 17.1. The van der Waals surface area contributed by atoms with Gasteiger partial charge in [-0.25, -0.2) is 13.2 Å². The number of sulfonamides is 1. The number of rotatable bonds is 6. The molecule has 1 saturated heterocycles. The minimum absolute atomic E-state index is 0.181. The number of amides is 3. The molecule has 1 aliphatic heterocycles. The summed E-state index contributed by atoms with van der Waals surface area (Å²) in [5.41, 5.74) is 0.776. The Morgan fingerprint density at radius 1 is 1.17 bits per heavy atom. The number of carbonyl (C=O) groups excluding carboxylic acids is 3. The monoisotopic (exact) mass is 423 g/mol. The molecule has 9 nitrogen and oxygen atoms in total. The van der Waals surface area contributed by atoms with Crippen molar-refractivity contribution in [3.63, 3.8) is 0 Å². The molecule has 1 fully saturated rings. The van der Waals surface area contributed by atoms with Crippen LogP contribution in [-0.2, 0) is 24.3 Å². The van der Waals surface area contributed by atoms with E-state index in [0.717, 1.165) is 11.0 Å². The molecule has 10 heteroatoms. The van der Waals surface area contributed by atoms with Crippen LogP contribution < -0.4 is 10.6 Å². The molecule has 0 spiro atoms. The van der Waals surface area contributed by atoms with Gasteiger partial charge in [-0.3, -0.25) is 14.9 Å². The van der Waals surface area contributed by atoms with E-state index in [9.17, 15) is 22.8 Å². The van der Waals surface area contributed by atoms with Gasteiger partial charge in [-0.2, -0.15) is 4.31 Å². The average molecular weight is 423 g/mol. The quantitative estimate of drug-likeness (QED) is 0.661. The number of urea groups is 1. The molecule has 1 aliphatic rings. The third-order valence-electron chi connectivity index (χ3n) is 4.51. The lowest BCUT2D eigenvalue weighted by atomic mass is 9.98. The molecule has 0 aromatic heterocycles. The van der Waals surface area contributed by atoms with E-state index in [1.165, 1.54) is 24.4 Å². The molecular formula is C19H25N3O6S. The van der Waals surface area contributed by atoms with Gasteiger partial charge in [-0.05, 0) is 31.4 Å². The highest BCUT2D eigenvalue weighted by atomic mass is 32.2. The van der Waals surface area contributed by atoms with Crippen molar-refractivity contribution in [2.24, 2.45) is 5.92 Å². The predicted molar refractivity (Wildman–Crippen MR) is 107 cm³/mol. The molecule has 2 N–H and O–H groups in total. The Morgan fingerprint density at radius 2 is 1.79 bits per heavy atom. The fraction of sp³-hybridized carbons (Fsp3) is 0.421. The topological polar surface area (TPSA) is 122 Å². The van der Waals surface area contributed by atoms with Crippen LogP contribution in [0.4, 0.5) is 4.79 Å². The zero-order valence-electron chi connectivity index (χ0n) is 16.3. The van der Waals surface area contributed by atoms with Crippen LogP contribution >= 0.6 is 0 Å². The van der Waals surface area contributed by atoms with E-state index in [1.807, 2.05) is 23.5 Å². The van der Waals surface area contributed by atoms with E-state index in [0.29, 0.717) is 12.8 Å². The summed E-state index contributed by atoms with van der Waals surface area (Å²) >= 11 is 0. The summed E-state index contributed by atoms with van der Waals surface area (Å²) in [6.45, 7) is 1.73. The zero-order chi connectivity index (χ0) is 21.4. The molecule has 1 atom stereocenters. The number of esters is 1. The van der Waals surface area contributed by atoms with E-state index in [1.54, 1.807) is 12.1 Å². The van der Waals surface area contributed by atoms with E-state index in [-0.39, 0.29) is 13.1 Å². The molecule has 1 heterocycles. The molecule has 0 radical (unpaired) electrons. The van der Waals surface area contributed by atoms with E-state index >= 15 is 0 Å². The van der Waals surface area contributed by atoms with Gasteiger partial charge in [0.1, 0.15) is 0 Å². The molecule has 3 amide bonds. The molecule has 0 saturated carbocycles. The highest BCUT2D eigenvalue weighted by Crippen LogP contribution is 2.22. The maximum atomic E-state index is 12.5. The van der Waals surface area contributed by atoms with E-state index in [2.05, 4.69) is 5.32 Å². The van der Waals surface area contributed by atoms with Crippen molar-refractivity contribution < 1.29 is 27.5 Å². The number of hydrogen-bond acceptors (Lipinski definition) is 6. The molecule has 1 aromatic carbocycles. The fourth-order valence-corrected chi connectivity index (χ4v) is 3.98. The second kappa shape index (κ2) is 10.2. The first kappa shape index (κ1) is 22.6. The number of ether oxygens (including phenoxy) is 1. The number of piperidine rings is 1. The van der Waals surface area contributed by atoms with Gasteiger partial charge in [-0.1, -0.05) is 30.3 Å². The van der Waals surface area contributed by atoms with Crippen LogP contribution in [0, 0.1) is 5.92 Å².